The molecule has 2 amide bonds. The van der Waals surface area contributed by atoms with Gasteiger partial charge in [0.2, 0.25) is 0 Å². The van der Waals surface area contributed by atoms with Crippen LogP contribution in [0, 0.1) is 0 Å². The van der Waals surface area contributed by atoms with E-state index in [0.717, 1.165) is 5.56 Å². The second kappa shape index (κ2) is 8.29. The number of benzene rings is 1. The molecule has 1 N–H and O–H groups in total. The van der Waals surface area contributed by atoms with E-state index in [1.165, 1.54) is 30.9 Å². The number of rotatable bonds is 6. The molecule has 1 aromatic carbocycles. The predicted octanol–water partition coefficient (Wildman–Crippen LogP) is 4.43. The molecule has 28 heavy (non-hydrogen) atoms. The van der Waals surface area contributed by atoms with Crippen LogP contribution in [0.15, 0.2) is 58.4 Å². The van der Waals surface area contributed by atoms with E-state index in [-0.39, 0.29) is 17.5 Å². The van der Waals surface area contributed by atoms with Crippen LogP contribution >= 0.6 is 0 Å². The highest BCUT2D eigenvalue weighted by molar-refractivity contribution is 5.74. The van der Waals surface area contributed by atoms with E-state index < -0.39 is 0 Å². The van der Waals surface area contributed by atoms with Crippen LogP contribution < -0.4 is 5.32 Å². The third kappa shape index (κ3) is 5.00. The topological polar surface area (TPSA) is 84.4 Å². The van der Waals surface area contributed by atoms with Crippen molar-refractivity contribution in [3.05, 3.63) is 72.1 Å². The molecule has 0 aliphatic heterocycles. The average Bonchev–Trinajstić information content (AvgIpc) is 3.34. The standard InChI is InChI=1S/C21H26N4O3/c1-15(16-5-7-17(8-6-16)21(2,3)4)24-20(26)25(9-18-11-27-13-22-18)10-19-12-28-14-23-19/h5-8,11-15H,9-10H2,1-4H3,(H,24,26)/t15-/m0/s1. The minimum absolute atomic E-state index is 0.0942. The van der Waals surface area contributed by atoms with Crippen LogP contribution in [-0.4, -0.2) is 20.9 Å². The molecule has 0 radical (unpaired) electrons. The van der Waals surface area contributed by atoms with Gasteiger partial charge in [-0.05, 0) is 23.5 Å². The van der Waals surface area contributed by atoms with Crippen molar-refractivity contribution in [2.75, 3.05) is 0 Å². The fourth-order valence-electron chi connectivity index (χ4n) is 2.85. The van der Waals surface area contributed by atoms with Gasteiger partial charge in [-0.15, -0.1) is 0 Å². The number of nitrogens with zero attached hydrogens (tertiary/aromatic N) is 3. The van der Waals surface area contributed by atoms with E-state index in [4.69, 9.17) is 8.83 Å². The van der Waals surface area contributed by atoms with Crippen LogP contribution in [0.3, 0.4) is 0 Å². The smallest absolute Gasteiger partial charge is 0.318 e. The monoisotopic (exact) mass is 382 g/mol. The summed E-state index contributed by atoms with van der Waals surface area (Å²) in [7, 11) is 0. The lowest BCUT2D eigenvalue weighted by Crippen LogP contribution is -2.40. The molecule has 2 aromatic heterocycles. The van der Waals surface area contributed by atoms with Crippen molar-refractivity contribution in [2.24, 2.45) is 0 Å². The Labute approximate surface area is 164 Å². The van der Waals surface area contributed by atoms with E-state index in [1.807, 2.05) is 6.92 Å². The Morgan fingerprint density at radius 3 is 2.00 bits per heavy atom. The van der Waals surface area contributed by atoms with Gasteiger partial charge in [-0.2, -0.15) is 0 Å². The Bertz CT molecular complexity index is 829. The van der Waals surface area contributed by atoms with Crippen LogP contribution in [0.2, 0.25) is 0 Å². The number of oxazole rings is 2. The fourth-order valence-corrected chi connectivity index (χ4v) is 2.85. The average molecular weight is 382 g/mol. The number of hydrogen-bond acceptors (Lipinski definition) is 5. The highest BCUT2D eigenvalue weighted by Crippen LogP contribution is 2.24. The number of amides is 2. The summed E-state index contributed by atoms with van der Waals surface area (Å²) in [5.41, 5.74) is 3.73. The van der Waals surface area contributed by atoms with Crippen molar-refractivity contribution in [1.29, 1.82) is 0 Å². The third-order valence-electron chi connectivity index (χ3n) is 4.58. The molecule has 0 saturated heterocycles. The van der Waals surface area contributed by atoms with E-state index >= 15 is 0 Å². The van der Waals surface area contributed by atoms with Gasteiger partial charge < -0.3 is 19.1 Å². The Balaban J connectivity index is 1.69. The summed E-state index contributed by atoms with van der Waals surface area (Å²) in [6, 6.07) is 7.99. The van der Waals surface area contributed by atoms with E-state index in [1.54, 1.807) is 4.90 Å². The van der Waals surface area contributed by atoms with E-state index in [9.17, 15) is 4.79 Å². The SMILES string of the molecule is C[C@H](NC(=O)N(Cc1cocn1)Cc1cocn1)c1ccc(C(C)(C)C)cc1. The van der Waals surface area contributed by atoms with Crippen LogP contribution in [0.4, 0.5) is 4.79 Å². The molecule has 1 atom stereocenters. The van der Waals surface area contributed by atoms with Crippen LogP contribution in [-0.2, 0) is 18.5 Å². The number of carbonyl (C=O) groups excluding carboxylic acids is 1. The Morgan fingerprint density at radius 1 is 1.04 bits per heavy atom. The number of aromatic nitrogens is 2. The van der Waals surface area contributed by atoms with E-state index in [2.05, 4.69) is 60.3 Å². The molecule has 0 spiro atoms. The second-order valence-electron chi connectivity index (χ2n) is 7.86. The van der Waals surface area contributed by atoms with Gasteiger partial charge in [0, 0.05) is 0 Å². The summed E-state index contributed by atoms with van der Waals surface area (Å²) < 4.78 is 10.0. The number of urea groups is 1. The third-order valence-corrected chi connectivity index (χ3v) is 4.58. The van der Waals surface area contributed by atoms with Crippen molar-refractivity contribution >= 4 is 6.03 Å². The molecule has 3 rings (SSSR count). The van der Waals surface area contributed by atoms with Gasteiger partial charge in [-0.1, -0.05) is 45.0 Å². The summed E-state index contributed by atoms with van der Waals surface area (Å²) in [5, 5.41) is 3.05. The minimum Gasteiger partial charge on any atom is -0.451 e. The maximum absolute atomic E-state index is 12.9. The van der Waals surface area contributed by atoms with Crippen molar-refractivity contribution in [2.45, 2.75) is 52.2 Å². The zero-order valence-corrected chi connectivity index (χ0v) is 16.7. The maximum atomic E-state index is 12.9. The summed E-state index contributed by atoms with van der Waals surface area (Å²) in [6.45, 7) is 9.13. The normalized spacial score (nSPS) is 12.6. The Hall–Kier alpha value is -3.09. The lowest BCUT2D eigenvalue weighted by atomic mass is 9.86. The number of hydrogen-bond donors (Lipinski definition) is 1. The molecule has 2 heterocycles. The molecular formula is C21H26N4O3. The van der Waals surface area contributed by atoms with E-state index in [0.29, 0.717) is 24.5 Å². The van der Waals surface area contributed by atoms with Gasteiger partial charge in [0.1, 0.15) is 12.5 Å². The summed E-state index contributed by atoms with van der Waals surface area (Å²) in [5.74, 6) is 0. The molecular weight excluding hydrogens is 356 g/mol. The largest absolute Gasteiger partial charge is 0.451 e. The van der Waals surface area contributed by atoms with Gasteiger partial charge in [0.05, 0.1) is 30.5 Å². The second-order valence-corrected chi connectivity index (χ2v) is 7.86. The summed E-state index contributed by atoms with van der Waals surface area (Å²) in [6.07, 6.45) is 5.75. The van der Waals surface area contributed by atoms with Gasteiger partial charge in [0.25, 0.3) is 0 Å². The maximum Gasteiger partial charge on any atom is 0.318 e. The molecule has 0 saturated carbocycles. The molecule has 148 valence electrons. The Morgan fingerprint density at radius 2 is 1.57 bits per heavy atom. The molecule has 7 heteroatoms. The van der Waals surface area contributed by atoms with Crippen LogP contribution in [0.5, 0.6) is 0 Å². The predicted molar refractivity (Wildman–Crippen MR) is 104 cm³/mol. The minimum atomic E-state index is -0.210. The molecule has 0 fully saturated rings. The van der Waals surface area contributed by atoms with Crippen molar-refractivity contribution in [1.82, 2.24) is 20.2 Å². The van der Waals surface area contributed by atoms with Crippen LogP contribution in [0.1, 0.15) is 56.3 Å². The van der Waals surface area contributed by atoms with Crippen molar-refractivity contribution in [3.63, 3.8) is 0 Å². The molecule has 0 aliphatic carbocycles. The molecule has 0 bridgehead atoms. The quantitative estimate of drug-likeness (QED) is 0.681. The van der Waals surface area contributed by atoms with Gasteiger partial charge in [-0.25, -0.2) is 14.8 Å². The van der Waals surface area contributed by atoms with Gasteiger partial charge in [0.15, 0.2) is 12.8 Å². The lowest BCUT2D eigenvalue weighted by molar-refractivity contribution is 0.187. The van der Waals surface area contributed by atoms with Gasteiger partial charge >= 0.3 is 6.03 Å². The highest BCUT2D eigenvalue weighted by atomic mass is 16.3. The van der Waals surface area contributed by atoms with Crippen molar-refractivity contribution in [3.8, 4) is 0 Å². The van der Waals surface area contributed by atoms with Crippen molar-refractivity contribution < 1.29 is 13.6 Å². The summed E-state index contributed by atoms with van der Waals surface area (Å²) >= 11 is 0. The van der Waals surface area contributed by atoms with Gasteiger partial charge in [-0.3, -0.25) is 0 Å². The fraction of sp³-hybridized carbons (Fsp3) is 0.381. The first-order valence-electron chi connectivity index (χ1n) is 9.23. The first-order valence-corrected chi connectivity index (χ1v) is 9.23. The molecule has 0 unspecified atom stereocenters. The number of nitrogens with one attached hydrogen (secondary N) is 1. The Kier molecular flexibility index (Phi) is 5.82. The first kappa shape index (κ1) is 19.7. The first-order chi connectivity index (χ1) is 13.3. The molecule has 7 nitrogen and oxygen atoms in total. The zero-order valence-electron chi connectivity index (χ0n) is 16.7. The highest BCUT2D eigenvalue weighted by Gasteiger charge is 2.20. The zero-order chi connectivity index (χ0) is 20.1. The molecule has 3 aromatic rings. The molecule has 0 aliphatic rings. The van der Waals surface area contributed by atoms with Crippen LogP contribution in [0.25, 0.3) is 0 Å². The lowest BCUT2D eigenvalue weighted by Gasteiger charge is -2.25. The number of carbonyl (C=O) groups is 1. The summed E-state index contributed by atoms with van der Waals surface area (Å²) in [4.78, 5) is 22.7.